The summed E-state index contributed by atoms with van der Waals surface area (Å²) >= 11 is 0. The molecule has 8 nitrogen and oxygen atoms in total. The normalized spacial score (nSPS) is 14.7. The van der Waals surface area contributed by atoms with Gasteiger partial charge in [0.25, 0.3) is 11.8 Å². The number of rotatable bonds is 4. The molecule has 2 N–H and O–H groups in total. The molecule has 1 aliphatic rings. The highest BCUT2D eigenvalue weighted by Crippen LogP contribution is 2.27. The first-order chi connectivity index (χ1) is 15.1. The third-order valence-electron chi connectivity index (χ3n) is 5.57. The average molecular weight is 441 g/mol. The maximum absolute atomic E-state index is 13.1. The van der Waals surface area contributed by atoms with E-state index in [1.807, 2.05) is 44.5 Å². The monoisotopic (exact) mass is 440 g/mol. The lowest BCUT2D eigenvalue weighted by molar-refractivity contribution is 0.0187. The molecule has 172 valence electrons. The first kappa shape index (κ1) is 23.4. The molecule has 3 rings (SSSR count). The van der Waals surface area contributed by atoms with Crippen LogP contribution in [-0.4, -0.2) is 53.1 Å². The van der Waals surface area contributed by atoms with E-state index in [2.05, 4.69) is 10.6 Å². The van der Waals surface area contributed by atoms with Crippen LogP contribution in [0.4, 0.5) is 10.5 Å². The molecule has 8 heteroatoms. The Labute approximate surface area is 188 Å². The Morgan fingerprint density at radius 1 is 1.03 bits per heavy atom. The smallest absolute Gasteiger partial charge is 0.410 e. The van der Waals surface area contributed by atoms with Gasteiger partial charge in [0.2, 0.25) is 0 Å². The molecule has 1 saturated heterocycles. The molecule has 1 aromatic heterocycles. The fourth-order valence-electron chi connectivity index (χ4n) is 3.90. The van der Waals surface area contributed by atoms with Crippen molar-refractivity contribution in [2.45, 2.75) is 52.2 Å². The van der Waals surface area contributed by atoms with Crippen molar-refractivity contribution in [3.05, 3.63) is 53.3 Å². The molecule has 32 heavy (non-hydrogen) atoms. The first-order valence-corrected chi connectivity index (χ1v) is 10.9. The molecular weight excluding hydrogens is 408 g/mol. The molecule has 0 bridgehead atoms. The highest BCUT2D eigenvalue weighted by Gasteiger charge is 2.29. The second kappa shape index (κ2) is 9.46. The Hall–Kier alpha value is -3.29. The van der Waals surface area contributed by atoms with Gasteiger partial charge >= 0.3 is 6.09 Å². The molecule has 0 saturated carbocycles. The van der Waals surface area contributed by atoms with Crippen molar-refractivity contribution in [1.82, 2.24) is 14.8 Å². The third-order valence-corrected chi connectivity index (χ3v) is 5.57. The number of carbonyl (C=O) groups is 3. The summed E-state index contributed by atoms with van der Waals surface area (Å²) in [5, 5.41) is 5.55. The summed E-state index contributed by atoms with van der Waals surface area (Å²) in [5.74, 6) is -0.430. The lowest BCUT2D eigenvalue weighted by Crippen LogP contribution is -2.42. The lowest BCUT2D eigenvalue weighted by Gasteiger charge is -2.34. The van der Waals surface area contributed by atoms with Gasteiger partial charge in [0.05, 0.1) is 0 Å². The number of hydrogen-bond acceptors (Lipinski definition) is 4. The molecule has 1 aliphatic heterocycles. The summed E-state index contributed by atoms with van der Waals surface area (Å²) in [6.07, 6.45) is 3.07. The van der Waals surface area contributed by atoms with Crippen LogP contribution < -0.4 is 10.6 Å². The predicted octanol–water partition coefficient (Wildman–Crippen LogP) is 3.98. The molecule has 2 aromatic rings. The van der Waals surface area contributed by atoms with Gasteiger partial charge in [-0.15, -0.1) is 0 Å². The number of amides is 3. The Bertz CT molecular complexity index is 998. The molecule has 1 aromatic carbocycles. The highest BCUT2D eigenvalue weighted by atomic mass is 16.6. The second-order valence-electron chi connectivity index (χ2n) is 9.01. The van der Waals surface area contributed by atoms with Crippen LogP contribution in [0.3, 0.4) is 0 Å². The van der Waals surface area contributed by atoms with Crippen molar-refractivity contribution in [3.8, 4) is 0 Å². The van der Waals surface area contributed by atoms with E-state index in [9.17, 15) is 14.4 Å². The van der Waals surface area contributed by atoms with E-state index >= 15 is 0 Å². The van der Waals surface area contributed by atoms with Crippen LogP contribution in [-0.2, 0) is 4.74 Å². The number of carbonyl (C=O) groups excluding carboxylic acids is 3. The topological polar surface area (TPSA) is 92.7 Å². The van der Waals surface area contributed by atoms with Gasteiger partial charge in [-0.3, -0.25) is 9.59 Å². The maximum atomic E-state index is 13.1. The molecule has 1 fully saturated rings. The Balaban J connectivity index is 1.68. The van der Waals surface area contributed by atoms with E-state index in [0.29, 0.717) is 35.6 Å². The molecule has 0 spiro atoms. The third kappa shape index (κ3) is 5.30. The van der Waals surface area contributed by atoms with Gasteiger partial charge in [-0.05, 0) is 70.4 Å². The van der Waals surface area contributed by atoms with Crippen molar-refractivity contribution in [3.63, 3.8) is 0 Å². The zero-order chi connectivity index (χ0) is 23.5. The summed E-state index contributed by atoms with van der Waals surface area (Å²) < 4.78 is 7.44. The van der Waals surface area contributed by atoms with Crippen LogP contribution >= 0.6 is 0 Å². The largest absolute Gasteiger partial charge is 0.444 e. The number of nitrogens with one attached hydrogen (secondary N) is 2. The van der Waals surface area contributed by atoms with Crippen molar-refractivity contribution < 1.29 is 19.1 Å². The van der Waals surface area contributed by atoms with Gasteiger partial charge in [-0.25, -0.2) is 4.79 Å². The number of hydrogen-bond donors (Lipinski definition) is 2. The maximum Gasteiger partial charge on any atom is 0.410 e. The zero-order valence-corrected chi connectivity index (χ0v) is 19.4. The van der Waals surface area contributed by atoms with Crippen molar-refractivity contribution in [2.24, 2.45) is 0 Å². The molecule has 3 amide bonds. The minimum Gasteiger partial charge on any atom is -0.444 e. The van der Waals surface area contributed by atoms with E-state index in [4.69, 9.17) is 4.74 Å². The Morgan fingerprint density at radius 2 is 1.72 bits per heavy atom. The Morgan fingerprint density at radius 3 is 2.34 bits per heavy atom. The summed E-state index contributed by atoms with van der Waals surface area (Å²) in [4.78, 5) is 39.1. The van der Waals surface area contributed by atoms with Crippen LogP contribution in [0.25, 0.3) is 0 Å². The number of likely N-dealkylation sites (tertiary alicyclic amines) is 1. The molecule has 0 unspecified atom stereocenters. The van der Waals surface area contributed by atoms with E-state index in [0.717, 1.165) is 12.8 Å². The number of nitrogens with zero attached hydrogens (tertiary/aromatic N) is 2. The van der Waals surface area contributed by atoms with E-state index in [1.165, 1.54) is 0 Å². The fourth-order valence-corrected chi connectivity index (χ4v) is 3.90. The first-order valence-electron chi connectivity index (χ1n) is 10.9. The molecule has 2 heterocycles. The Kier molecular flexibility index (Phi) is 6.91. The molecule has 0 radical (unpaired) electrons. The highest BCUT2D eigenvalue weighted by molar-refractivity contribution is 6.05. The van der Waals surface area contributed by atoms with Gasteiger partial charge < -0.3 is 24.8 Å². The quantitative estimate of drug-likeness (QED) is 0.752. The lowest BCUT2D eigenvalue weighted by atomic mass is 10.0. The summed E-state index contributed by atoms with van der Waals surface area (Å²) in [5.41, 5.74) is 1.86. The average Bonchev–Trinajstić information content (AvgIpc) is 3.23. The number of ether oxygens (including phenoxy) is 1. The van der Waals surface area contributed by atoms with Crippen molar-refractivity contribution >= 4 is 23.6 Å². The second-order valence-corrected chi connectivity index (χ2v) is 9.01. The predicted molar refractivity (Wildman–Crippen MR) is 123 cm³/mol. The van der Waals surface area contributed by atoms with Crippen molar-refractivity contribution in [1.29, 1.82) is 0 Å². The minimum atomic E-state index is -0.521. The molecular formula is C24H32N4O4. The van der Waals surface area contributed by atoms with Gasteiger partial charge in [0.1, 0.15) is 11.3 Å². The fraction of sp³-hybridized carbons (Fsp3) is 0.458. The minimum absolute atomic E-state index is 0.114. The van der Waals surface area contributed by atoms with Crippen LogP contribution in [0.15, 0.2) is 36.5 Å². The van der Waals surface area contributed by atoms with E-state index in [-0.39, 0.29) is 23.9 Å². The number of anilines is 1. The number of piperidine rings is 1. The van der Waals surface area contributed by atoms with Crippen molar-refractivity contribution in [2.75, 3.05) is 25.5 Å². The summed E-state index contributed by atoms with van der Waals surface area (Å²) in [7, 11) is 1.58. The zero-order valence-electron chi connectivity index (χ0n) is 19.4. The van der Waals surface area contributed by atoms with Crippen LogP contribution in [0.2, 0.25) is 0 Å². The van der Waals surface area contributed by atoms with Crippen LogP contribution in [0, 0.1) is 6.92 Å². The van der Waals surface area contributed by atoms with Gasteiger partial charge in [0.15, 0.2) is 0 Å². The summed E-state index contributed by atoms with van der Waals surface area (Å²) in [6.45, 7) is 8.53. The molecule has 0 aliphatic carbocycles. The number of benzene rings is 1. The SMILES string of the molecule is CNC(=O)c1cccc(NC(=O)c2cccn2C2CCN(C(=O)OC(C)(C)C)CC2)c1C. The van der Waals surface area contributed by atoms with E-state index < -0.39 is 5.60 Å². The standard InChI is InChI=1S/C24H32N4O4/c1-16-18(21(29)25-5)8-6-9-19(16)26-22(30)20-10-7-13-28(20)17-11-14-27(15-12-17)23(31)32-24(2,3)4/h6-10,13,17H,11-12,14-15H2,1-5H3,(H,25,29)(H,26,30). The molecule has 0 atom stereocenters. The van der Waals surface area contributed by atoms with Gasteiger partial charge in [0, 0.05) is 43.6 Å². The van der Waals surface area contributed by atoms with Gasteiger partial charge in [-0.2, -0.15) is 0 Å². The van der Waals surface area contributed by atoms with Gasteiger partial charge in [-0.1, -0.05) is 6.07 Å². The van der Waals surface area contributed by atoms with Crippen LogP contribution in [0.1, 0.15) is 66.1 Å². The van der Waals surface area contributed by atoms with E-state index in [1.54, 1.807) is 36.2 Å². The van der Waals surface area contributed by atoms with Crippen LogP contribution in [0.5, 0.6) is 0 Å². The number of aromatic nitrogens is 1. The summed E-state index contributed by atoms with van der Waals surface area (Å²) in [6, 6.07) is 9.01.